The van der Waals surface area contributed by atoms with Crippen LogP contribution in [-0.4, -0.2) is 32.8 Å². The summed E-state index contributed by atoms with van der Waals surface area (Å²) in [5.74, 6) is 0.180. The monoisotopic (exact) mass is 388 g/mol. The molecule has 27 heavy (non-hydrogen) atoms. The van der Waals surface area contributed by atoms with Crippen molar-refractivity contribution < 1.29 is 9.30 Å². The van der Waals surface area contributed by atoms with E-state index in [1.807, 2.05) is 24.3 Å². The van der Waals surface area contributed by atoms with Crippen molar-refractivity contribution >= 4 is 24.8 Å². The standard InChI is InChI=1S/C18H22N5O3P/c1-3-4-8-26-17-21-15(19)14-16(22-17)23(18(24)20-14)10-12-6-5-7-13(9-12)11-27(2)25/h5-7,9H,3-4,8,10-11H2,1-2H3,(H2-,19,20,21,22,24)/p+1. The molecule has 2 heterocycles. The molecule has 0 spiro atoms. The minimum atomic E-state index is -1.27. The maximum absolute atomic E-state index is 12.4. The summed E-state index contributed by atoms with van der Waals surface area (Å²) in [4.78, 5) is 23.6. The van der Waals surface area contributed by atoms with Crippen molar-refractivity contribution in [2.24, 2.45) is 0 Å². The summed E-state index contributed by atoms with van der Waals surface area (Å²) in [7, 11) is -1.27. The van der Waals surface area contributed by atoms with E-state index >= 15 is 0 Å². The van der Waals surface area contributed by atoms with Gasteiger partial charge in [0.05, 0.1) is 13.2 Å². The van der Waals surface area contributed by atoms with Crippen LogP contribution in [0.1, 0.15) is 30.9 Å². The van der Waals surface area contributed by atoms with E-state index in [4.69, 9.17) is 10.5 Å². The molecular weight excluding hydrogens is 365 g/mol. The Labute approximate surface area is 157 Å². The van der Waals surface area contributed by atoms with Gasteiger partial charge in [-0.2, -0.15) is 9.97 Å². The van der Waals surface area contributed by atoms with E-state index in [1.165, 1.54) is 4.57 Å². The Kier molecular flexibility index (Phi) is 5.86. The molecule has 0 aliphatic rings. The van der Waals surface area contributed by atoms with Crippen molar-refractivity contribution in [1.29, 1.82) is 0 Å². The summed E-state index contributed by atoms with van der Waals surface area (Å²) in [6.07, 6.45) is 2.39. The number of benzene rings is 1. The maximum Gasteiger partial charge on any atom is 0.340 e. The van der Waals surface area contributed by atoms with Crippen molar-refractivity contribution in [2.75, 3.05) is 19.0 Å². The third-order valence-corrected chi connectivity index (χ3v) is 4.91. The predicted molar refractivity (Wildman–Crippen MR) is 106 cm³/mol. The van der Waals surface area contributed by atoms with Gasteiger partial charge in [0.15, 0.2) is 17.6 Å². The highest BCUT2D eigenvalue weighted by Gasteiger charge is 2.15. The molecule has 142 valence electrons. The number of aromatic amines is 1. The number of nitrogens with zero attached hydrogens (tertiary/aromatic N) is 3. The Hall–Kier alpha value is -2.73. The Morgan fingerprint density at radius 2 is 2.07 bits per heavy atom. The van der Waals surface area contributed by atoms with Crippen LogP contribution in [0.3, 0.4) is 0 Å². The number of H-pyrrole nitrogens is 1. The third-order valence-electron chi connectivity index (χ3n) is 4.10. The van der Waals surface area contributed by atoms with Crippen molar-refractivity contribution in [3.05, 3.63) is 45.9 Å². The van der Waals surface area contributed by atoms with Crippen LogP contribution in [0.4, 0.5) is 5.82 Å². The maximum atomic E-state index is 12.4. The first-order valence-electron chi connectivity index (χ1n) is 8.83. The molecule has 3 N–H and O–H groups in total. The first-order valence-corrected chi connectivity index (χ1v) is 10.7. The lowest BCUT2D eigenvalue weighted by atomic mass is 10.1. The van der Waals surface area contributed by atoms with E-state index in [1.54, 1.807) is 6.66 Å². The zero-order valence-corrected chi connectivity index (χ0v) is 16.3. The van der Waals surface area contributed by atoms with Crippen LogP contribution < -0.4 is 16.2 Å². The molecule has 1 aromatic carbocycles. The lowest BCUT2D eigenvalue weighted by molar-refractivity contribution is 0.286. The molecule has 0 saturated carbocycles. The third kappa shape index (κ3) is 4.52. The Morgan fingerprint density at radius 1 is 1.30 bits per heavy atom. The number of rotatable bonds is 8. The van der Waals surface area contributed by atoms with Gasteiger partial charge in [0.1, 0.15) is 12.2 Å². The molecular formula is C18H23N5O3P+. The SMILES string of the molecule is CCCCOc1nc(N)c2[nH]c(=O)n(Cc3cccc(C[P+](C)=O)c3)c2n1. The molecule has 0 aliphatic carbocycles. The molecule has 3 aromatic rings. The van der Waals surface area contributed by atoms with Crippen LogP contribution in [0.5, 0.6) is 6.01 Å². The zero-order chi connectivity index (χ0) is 19.4. The normalized spacial score (nSPS) is 11.7. The minimum absolute atomic E-state index is 0.165. The van der Waals surface area contributed by atoms with Crippen LogP contribution >= 0.6 is 7.80 Å². The first kappa shape index (κ1) is 19.0. The molecule has 1 unspecified atom stereocenters. The Balaban J connectivity index is 1.95. The van der Waals surface area contributed by atoms with Crippen LogP contribution in [0, 0.1) is 0 Å². The molecule has 1 atom stereocenters. The first-order chi connectivity index (χ1) is 13.0. The fourth-order valence-corrected chi connectivity index (χ4v) is 3.53. The summed E-state index contributed by atoms with van der Waals surface area (Å²) in [6.45, 7) is 4.58. The fraction of sp³-hybridized carbons (Fsp3) is 0.389. The summed E-state index contributed by atoms with van der Waals surface area (Å²) in [5, 5.41) is 0. The molecule has 0 fully saturated rings. The molecule has 2 aromatic heterocycles. The number of anilines is 1. The lowest BCUT2D eigenvalue weighted by Gasteiger charge is -2.07. The molecule has 0 saturated heterocycles. The number of hydrogen-bond donors (Lipinski definition) is 2. The van der Waals surface area contributed by atoms with Crippen LogP contribution in [0.15, 0.2) is 29.1 Å². The summed E-state index contributed by atoms with van der Waals surface area (Å²) in [6, 6.07) is 7.86. The average molecular weight is 388 g/mol. The van der Waals surface area contributed by atoms with Crippen LogP contribution in [-0.2, 0) is 17.3 Å². The number of nitrogens with two attached hydrogens (primary N) is 1. The number of hydrogen-bond acceptors (Lipinski definition) is 6. The molecule has 3 rings (SSSR count). The fourth-order valence-electron chi connectivity index (χ4n) is 2.82. The molecule has 0 amide bonds. The van der Waals surface area contributed by atoms with E-state index in [2.05, 4.69) is 21.9 Å². The topological polar surface area (TPSA) is 116 Å². The van der Waals surface area contributed by atoms with Crippen LogP contribution in [0.25, 0.3) is 11.2 Å². The Bertz CT molecular complexity index is 1030. The Morgan fingerprint density at radius 3 is 2.81 bits per heavy atom. The van der Waals surface area contributed by atoms with Crippen molar-refractivity contribution in [3.63, 3.8) is 0 Å². The summed E-state index contributed by atoms with van der Waals surface area (Å²) >= 11 is 0. The summed E-state index contributed by atoms with van der Waals surface area (Å²) in [5.41, 5.74) is 8.35. The van der Waals surface area contributed by atoms with Gasteiger partial charge in [0.2, 0.25) is 0 Å². The second kappa shape index (κ2) is 8.31. The van der Waals surface area contributed by atoms with Gasteiger partial charge in [-0.05, 0) is 23.6 Å². The van der Waals surface area contributed by atoms with Gasteiger partial charge >= 0.3 is 19.5 Å². The highest BCUT2D eigenvalue weighted by Crippen LogP contribution is 2.23. The lowest BCUT2D eigenvalue weighted by Crippen LogP contribution is -2.18. The summed E-state index contributed by atoms with van der Waals surface area (Å²) < 4.78 is 18.6. The van der Waals surface area contributed by atoms with E-state index in [0.29, 0.717) is 30.5 Å². The number of ether oxygens (including phenoxy) is 1. The van der Waals surface area contributed by atoms with Gasteiger partial charge in [-0.25, -0.2) is 4.79 Å². The molecule has 0 bridgehead atoms. The van der Waals surface area contributed by atoms with E-state index in [0.717, 1.165) is 24.0 Å². The van der Waals surface area contributed by atoms with Gasteiger partial charge in [-0.3, -0.25) is 4.57 Å². The van der Waals surface area contributed by atoms with Gasteiger partial charge in [-0.1, -0.05) is 36.1 Å². The van der Waals surface area contributed by atoms with Crippen LogP contribution in [0.2, 0.25) is 0 Å². The molecule has 0 aliphatic heterocycles. The number of aromatic nitrogens is 4. The largest absolute Gasteiger partial charge is 0.463 e. The number of imidazole rings is 1. The number of nitrogens with one attached hydrogen (secondary N) is 1. The highest BCUT2D eigenvalue weighted by atomic mass is 31.1. The average Bonchev–Trinajstić information content (AvgIpc) is 2.92. The quantitative estimate of drug-likeness (QED) is 0.453. The minimum Gasteiger partial charge on any atom is -0.463 e. The van der Waals surface area contributed by atoms with E-state index in [-0.39, 0.29) is 17.5 Å². The molecule has 0 radical (unpaired) electrons. The molecule has 9 heteroatoms. The van der Waals surface area contributed by atoms with Gasteiger partial charge in [-0.15, -0.1) is 0 Å². The smallest absolute Gasteiger partial charge is 0.340 e. The van der Waals surface area contributed by atoms with Gasteiger partial charge in [0, 0.05) is 0 Å². The molecule has 8 nitrogen and oxygen atoms in total. The van der Waals surface area contributed by atoms with Crippen molar-refractivity contribution in [2.45, 2.75) is 32.5 Å². The number of fused-ring (bicyclic) bond motifs is 1. The second-order valence-corrected chi connectivity index (χ2v) is 7.99. The predicted octanol–water partition coefficient (Wildman–Crippen LogP) is 2.89. The second-order valence-electron chi connectivity index (χ2n) is 6.41. The van der Waals surface area contributed by atoms with Gasteiger partial charge in [0.25, 0.3) is 0 Å². The van der Waals surface area contributed by atoms with Gasteiger partial charge < -0.3 is 15.5 Å². The highest BCUT2D eigenvalue weighted by molar-refractivity contribution is 7.42. The number of unbranched alkanes of at least 4 members (excludes halogenated alkanes) is 1. The van der Waals surface area contributed by atoms with E-state index < -0.39 is 7.80 Å². The number of nitrogen functional groups attached to an aromatic ring is 1. The van der Waals surface area contributed by atoms with Crippen molar-refractivity contribution in [3.8, 4) is 6.01 Å². The zero-order valence-electron chi connectivity index (χ0n) is 15.4. The van der Waals surface area contributed by atoms with E-state index in [9.17, 15) is 9.36 Å². The van der Waals surface area contributed by atoms with Crippen molar-refractivity contribution in [1.82, 2.24) is 19.5 Å².